The molecule has 3 aromatic heterocycles. The number of nitriles is 1. The molecule has 0 bridgehead atoms. The summed E-state index contributed by atoms with van der Waals surface area (Å²) < 4.78 is 108. The third-order valence-electron chi connectivity index (χ3n) is 6.17. The molecular formula is C24H15F6N5O2S. The highest BCUT2D eigenvalue weighted by Crippen LogP contribution is 2.49. The number of sulfonamides is 1. The number of nitrogens with zero attached hydrogens (tertiary/aromatic N) is 4. The zero-order valence-corrected chi connectivity index (χ0v) is 19.8. The first-order chi connectivity index (χ1) is 17.8. The molecule has 1 aliphatic carbocycles. The quantitative estimate of drug-likeness (QED) is 0.337. The van der Waals surface area contributed by atoms with Crippen molar-refractivity contribution in [3.8, 4) is 23.1 Å². The van der Waals surface area contributed by atoms with E-state index >= 15 is 0 Å². The fourth-order valence-electron chi connectivity index (χ4n) is 4.07. The van der Waals surface area contributed by atoms with E-state index in [2.05, 4.69) is 9.97 Å². The predicted molar refractivity (Wildman–Crippen MR) is 122 cm³/mol. The van der Waals surface area contributed by atoms with Crippen molar-refractivity contribution in [2.45, 2.75) is 35.6 Å². The number of nitrogens with one attached hydrogen (secondary N) is 1. The Hall–Kier alpha value is -3.96. The Kier molecular flexibility index (Phi) is 5.77. The lowest BCUT2D eigenvalue weighted by atomic mass is 10.1. The summed E-state index contributed by atoms with van der Waals surface area (Å²) in [4.78, 5) is 7.48. The topological polar surface area (TPSA) is 101 Å². The first-order valence-corrected chi connectivity index (χ1v) is 12.4. The van der Waals surface area contributed by atoms with Gasteiger partial charge in [-0.2, -0.15) is 36.3 Å². The number of alkyl halides is 6. The third-order valence-corrected chi connectivity index (χ3v) is 7.69. The minimum absolute atomic E-state index is 0.00660. The van der Waals surface area contributed by atoms with Crippen LogP contribution in [0.15, 0.2) is 65.8 Å². The van der Waals surface area contributed by atoms with Crippen LogP contribution in [0.4, 0.5) is 26.3 Å². The van der Waals surface area contributed by atoms with Crippen LogP contribution in [0, 0.1) is 11.3 Å². The molecule has 0 unspecified atom stereocenters. The van der Waals surface area contributed by atoms with Gasteiger partial charge in [0.05, 0.1) is 22.5 Å². The van der Waals surface area contributed by atoms with Crippen LogP contribution in [0.5, 0.6) is 0 Å². The molecule has 4 aromatic rings. The minimum Gasteiger partial charge on any atom is -0.291 e. The Morgan fingerprint density at radius 2 is 1.66 bits per heavy atom. The van der Waals surface area contributed by atoms with E-state index in [9.17, 15) is 40.0 Å². The number of aromatic nitrogens is 3. The van der Waals surface area contributed by atoms with Crippen molar-refractivity contribution in [2.24, 2.45) is 0 Å². The van der Waals surface area contributed by atoms with Crippen LogP contribution >= 0.6 is 0 Å². The standard InChI is InChI=1S/C24H15F6N5O2S/c25-23(26,27)14-10-17-18(11-31)20(35(21(17)33-12-14)15-4-2-1-3-5-15)19-7-6-16(13-32-19)38(36,37)34-22(8-9-22)24(28,29)30/h1-7,10,12-13,34H,8-9H2. The fraction of sp³-hybridized carbons (Fsp3) is 0.208. The van der Waals surface area contributed by atoms with Gasteiger partial charge in [0.25, 0.3) is 0 Å². The lowest BCUT2D eigenvalue weighted by Crippen LogP contribution is -2.47. The number of hydrogen-bond donors (Lipinski definition) is 1. The molecule has 1 aromatic carbocycles. The summed E-state index contributed by atoms with van der Waals surface area (Å²) in [7, 11) is -4.60. The summed E-state index contributed by atoms with van der Waals surface area (Å²) in [5.74, 6) is 0. The highest BCUT2D eigenvalue weighted by Gasteiger charge is 2.65. The monoisotopic (exact) mass is 551 g/mol. The summed E-state index contributed by atoms with van der Waals surface area (Å²) >= 11 is 0. The molecule has 1 N–H and O–H groups in total. The van der Waals surface area contributed by atoms with Crippen LogP contribution in [0.2, 0.25) is 0 Å². The van der Waals surface area contributed by atoms with Crippen LogP contribution in [-0.4, -0.2) is 34.7 Å². The first kappa shape index (κ1) is 25.7. The van der Waals surface area contributed by atoms with E-state index in [0.717, 1.165) is 18.3 Å². The predicted octanol–water partition coefficient (Wildman–Crippen LogP) is 5.35. The lowest BCUT2D eigenvalue weighted by molar-refractivity contribution is -0.160. The molecule has 196 valence electrons. The molecule has 0 amide bonds. The maximum Gasteiger partial charge on any atom is 0.417 e. The number of fused-ring (bicyclic) bond motifs is 1. The summed E-state index contributed by atoms with van der Waals surface area (Å²) in [6, 6.07) is 13.1. The van der Waals surface area contributed by atoms with E-state index in [4.69, 9.17) is 0 Å². The second-order valence-corrected chi connectivity index (χ2v) is 10.3. The van der Waals surface area contributed by atoms with Gasteiger partial charge >= 0.3 is 12.4 Å². The molecular weight excluding hydrogens is 536 g/mol. The Morgan fingerprint density at radius 1 is 0.974 bits per heavy atom. The Bertz CT molecular complexity index is 1690. The minimum atomic E-state index is -4.77. The molecule has 0 aliphatic heterocycles. The van der Waals surface area contributed by atoms with E-state index in [0.29, 0.717) is 11.9 Å². The van der Waals surface area contributed by atoms with E-state index < -0.39 is 51.2 Å². The summed E-state index contributed by atoms with van der Waals surface area (Å²) in [6.07, 6.45) is -8.82. The van der Waals surface area contributed by atoms with Crippen LogP contribution in [0.1, 0.15) is 24.0 Å². The zero-order chi connectivity index (χ0) is 27.5. The Labute approximate surface area is 211 Å². The van der Waals surface area contributed by atoms with Crippen molar-refractivity contribution in [2.75, 3.05) is 0 Å². The molecule has 3 heterocycles. The van der Waals surface area contributed by atoms with Gasteiger partial charge in [-0.1, -0.05) is 18.2 Å². The number of halogens is 6. The first-order valence-electron chi connectivity index (χ1n) is 10.9. The molecule has 38 heavy (non-hydrogen) atoms. The fourth-order valence-corrected chi connectivity index (χ4v) is 5.46. The highest BCUT2D eigenvalue weighted by molar-refractivity contribution is 7.89. The van der Waals surface area contributed by atoms with Gasteiger partial charge in [-0.15, -0.1) is 0 Å². The molecule has 5 rings (SSSR count). The van der Waals surface area contributed by atoms with E-state index in [1.807, 2.05) is 6.07 Å². The molecule has 1 fully saturated rings. The van der Waals surface area contributed by atoms with Gasteiger partial charge in [-0.25, -0.2) is 13.4 Å². The summed E-state index contributed by atoms with van der Waals surface area (Å²) in [5, 5.41) is 9.80. The van der Waals surface area contributed by atoms with Gasteiger partial charge in [-0.3, -0.25) is 9.55 Å². The molecule has 7 nitrogen and oxygen atoms in total. The molecule has 0 saturated heterocycles. The average Bonchev–Trinajstić information content (AvgIpc) is 3.57. The van der Waals surface area contributed by atoms with Crippen LogP contribution in [0.3, 0.4) is 0 Å². The van der Waals surface area contributed by atoms with Crippen LogP contribution in [0.25, 0.3) is 28.1 Å². The second-order valence-electron chi connectivity index (χ2n) is 8.66. The van der Waals surface area contributed by atoms with Gasteiger partial charge in [-0.05, 0) is 43.2 Å². The van der Waals surface area contributed by atoms with Gasteiger partial charge in [0.15, 0.2) is 0 Å². The van der Waals surface area contributed by atoms with Crippen molar-refractivity contribution in [3.63, 3.8) is 0 Å². The van der Waals surface area contributed by atoms with E-state index in [1.54, 1.807) is 35.1 Å². The number of rotatable bonds is 5. The molecule has 0 atom stereocenters. The van der Waals surface area contributed by atoms with Crippen LogP contribution in [-0.2, 0) is 16.2 Å². The van der Waals surface area contributed by atoms with Crippen molar-refractivity contribution < 1.29 is 34.8 Å². The maximum absolute atomic E-state index is 13.4. The van der Waals surface area contributed by atoms with Crippen molar-refractivity contribution >= 4 is 21.1 Å². The largest absolute Gasteiger partial charge is 0.417 e. The van der Waals surface area contributed by atoms with Crippen molar-refractivity contribution in [3.05, 3.63) is 72.1 Å². The van der Waals surface area contributed by atoms with Gasteiger partial charge in [0, 0.05) is 23.5 Å². The summed E-state index contributed by atoms with van der Waals surface area (Å²) in [6.45, 7) is 0. The SMILES string of the molecule is N#Cc1c(-c2ccc(S(=O)(=O)NC3(C(F)(F)F)CC3)cn2)n(-c2ccccc2)c2ncc(C(F)(F)F)cc12. The van der Waals surface area contributed by atoms with Crippen molar-refractivity contribution in [1.82, 2.24) is 19.3 Å². The smallest absolute Gasteiger partial charge is 0.291 e. The molecule has 1 saturated carbocycles. The summed E-state index contributed by atoms with van der Waals surface area (Å²) in [5.41, 5.74) is -3.31. The van der Waals surface area contributed by atoms with Crippen molar-refractivity contribution in [1.29, 1.82) is 5.26 Å². The Balaban J connectivity index is 1.66. The van der Waals surface area contributed by atoms with Gasteiger partial charge < -0.3 is 0 Å². The van der Waals surface area contributed by atoms with E-state index in [1.165, 1.54) is 10.6 Å². The number of benzene rings is 1. The number of para-hydroxylation sites is 1. The number of pyridine rings is 2. The van der Waals surface area contributed by atoms with Gasteiger partial charge in [0.2, 0.25) is 10.0 Å². The number of hydrogen-bond acceptors (Lipinski definition) is 5. The highest BCUT2D eigenvalue weighted by atomic mass is 32.2. The molecule has 0 spiro atoms. The average molecular weight is 551 g/mol. The molecule has 14 heteroatoms. The zero-order valence-electron chi connectivity index (χ0n) is 19.0. The second kappa shape index (κ2) is 8.53. The molecule has 1 aliphatic rings. The normalized spacial score (nSPS) is 15.4. The molecule has 0 radical (unpaired) electrons. The maximum atomic E-state index is 13.4. The third kappa shape index (κ3) is 4.27. The van der Waals surface area contributed by atoms with Crippen LogP contribution < -0.4 is 4.72 Å². The van der Waals surface area contributed by atoms with E-state index in [-0.39, 0.29) is 28.0 Å². The van der Waals surface area contributed by atoms with Gasteiger partial charge in [0.1, 0.15) is 22.2 Å². The Morgan fingerprint density at radius 3 is 2.18 bits per heavy atom. The lowest BCUT2D eigenvalue weighted by Gasteiger charge is -2.20.